The number of likely N-dealkylation sites (tertiary alicyclic amines) is 1. The number of rotatable bonds is 8. The van der Waals surface area contributed by atoms with Crippen LogP contribution in [0.5, 0.6) is 0 Å². The van der Waals surface area contributed by atoms with Crippen molar-refractivity contribution >= 4 is 0 Å². The molecule has 3 nitrogen and oxygen atoms in total. The Morgan fingerprint density at radius 2 is 2.05 bits per heavy atom. The van der Waals surface area contributed by atoms with Gasteiger partial charge in [-0.15, -0.1) is 0 Å². The van der Waals surface area contributed by atoms with E-state index >= 15 is 0 Å². The highest BCUT2D eigenvalue weighted by Crippen LogP contribution is 2.29. The van der Waals surface area contributed by atoms with Crippen molar-refractivity contribution in [2.45, 2.75) is 64.5 Å². The van der Waals surface area contributed by atoms with Crippen LogP contribution in [0, 0.1) is 11.8 Å². The first kappa shape index (κ1) is 15.3. The second-order valence-electron chi connectivity index (χ2n) is 6.63. The zero-order valence-corrected chi connectivity index (χ0v) is 12.8. The Morgan fingerprint density at radius 3 is 2.68 bits per heavy atom. The Labute approximate surface area is 118 Å². The Hall–Kier alpha value is -0.120. The van der Waals surface area contributed by atoms with Crippen molar-refractivity contribution in [3.05, 3.63) is 0 Å². The number of hydrogen-bond donors (Lipinski definition) is 2. The minimum Gasteiger partial charge on any atom is -0.393 e. The van der Waals surface area contributed by atoms with E-state index in [2.05, 4.69) is 24.1 Å². The van der Waals surface area contributed by atoms with Gasteiger partial charge in [-0.2, -0.15) is 0 Å². The fraction of sp³-hybridized carbons (Fsp3) is 1.00. The van der Waals surface area contributed by atoms with E-state index < -0.39 is 0 Å². The minimum atomic E-state index is -0.116. The zero-order valence-electron chi connectivity index (χ0n) is 12.8. The molecule has 1 saturated heterocycles. The lowest BCUT2D eigenvalue weighted by Gasteiger charge is -2.40. The van der Waals surface area contributed by atoms with Crippen LogP contribution in [0.1, 0.15) is 52.4 Å². The first-order valence-electron chi connectivity index (χ1n) is 8.36. The average Bonchev–Trinajstić information content (AvgIpc) is 3.26. The van der Waals surface area contributed by atoms with Gasteiger partial charge in [0.05, 0.1) is 6.10 Å². The maximum atomic E-state index is 10.2. The highest BCUT2D eigenvalue weighted by Gasteiger charge is 2.31. The molecule has 2 fully saturated rings. The lowest BCUT2D eigenvalue weighted by atomic mass is 9.88. The van der Waals surface area contributed by atoms with Gasteiger partial charge in [-0.3, -0.25) is 0 Å². The lowest BCUT2D eigenvalue weighted by Crippen LogP contribution is -2.52. The van der Waals surface area contributed by atoms with Crippen LogP contribution in [0.3, 0.4) is 0 Å². The third-order valence-corrected chi connectivity index (χ3v) is 4.74. The van der Waals surface area contributed by atoms with Gasteiger partial charge in [-0.25, -0.2) is 0 Å². The first-order chi connectivity index (χ1) is 9.22. The van der Waals surface area contributed by atoms with Gasteiger partial charge >= 0.3 is 0 Å². The Balaban J connectivity index is 1.82. The van der Waals surface area contributed by atoms with Crippen LogP contribution in [0.25, 0.3) is 0 Å². The molecule has 0 spiro atoms. The molecule has 3 atom stereocenters. The second kappa shape index (κ2) is 7.61. The molecule has 1 aliphatic heterocycles. The molecule has 0 aromatic rings. The largest absolute Gasteiger partial charge is 0.393 e. The van der Waals surface area contributed by atoms with Crippen LogP contribution in [-0.4, -0.2) is 48.3 Å². The number of aliphatic hydroxyl groups is 1. The molecule has 1 aliphatic carbocycles. The summed E-state index contributed by atoms with van der Waals surface area (Å²) in [5.41, 5.74) is 0. The molecular weight excluding hydrogens is 236 g/mol. The maximum Gasteiger partial charge on any atom is 0.0578 e. The molecular formula is C16H32N2O. The van der Waals surface area contributed by atoms with Crippen molar-refractivity contribution in [1.82, 2.24) is 10.2 Å². The molecule has 112 valence electrons. The van der Waals surface area contributed by atoms with Gasteiger partial charge in [0.25, 0.3) is 0 Å². The van der Waals surface area contributed by atoms with Gasteiger partial charge in [0, 0.05) is 19.1 Å². The third kappa shape index (κ3) is 5.05. The second-order valence-corrected chi connectivity index (χ2v) is 6.63. The van der Waals surface area contributed by atoms with Gasteiger partial charge in [0.1, 0.15) is 0 Å². The van der Waals surface area contributed by atoms with Crippen molar-refractivity contribution < 1.29 is 5.11 Å². The maximum absolute atomic E-state index is 10.2. The monoisotopic (exact) mass is 268 g/mol. The molecule has 2 rings (SSSR count). The predicted octanol–water partition coefficient (Wildman–Crippen LogP) is 2.25. The van der Waals surface area contributed by atoms with Crippen molar-refractivity contribution in [1.29, 1.82) is 0 Å². The van der Waals surface area contributed by atoms with Crippen molar-refractivity contribution in [2.75, 3.05) is 26.2 Å². The number of nitrogens with zero attached hydrogens (tertiary/aromatic N) is 1. The van der Waals surface area contributed by atoms with Crippen molar-refractivity contribution in [3.8, 4) is 0 Å². The van der Waals surface area contributed by atoms with E-state index in [-0.39, 0.29) is 6.10 Å². The summed E-state index contributed by atoms with van der Waals surface area (Å²) in [5.74, 6) is 1.41. The van der Waals surface area contributed by atoms with Crippen molar-refractivity contribution in [3.63, 3.8) is 0 Å². The normalized spacial score (nSPS) is 30.5. The highest BCUT2D eigenvalue weighted by molar-refractivity contribution is 4.88. The third-order valence-electron chi connectivity index (χ3n) is 4.74. The molecule has 2 N–H and O–H groups in total. The number of hydrogen-bond acceptors (Lipinski definition) is 3. The number of nitrogens with one attached hydrogen (secondary N) is 1. The number of piperidine rings is 1. The molecule has 0 bridgehead atoms. The predicted molar refractivity (Wildman–Crippen MR) is 80.3 cm³/mol. The Kier molecular flexibility index (Phi) is 6.11. The molecule has 2 aliphatic rings. The van der Waals surface area contributed by atoms with Crippen LogP contribution in [0.15, 0.2) is 0 Å². The van der Waals surface area contributed by atoms with Gasteiger partial charge in [-0.05, 0) is 57.0 Å². The van der Waals surface area contributed by atoms with Gasteiger partial charge in [-0.1, -0.05) is 20.3 Å². The van der Waals surface area contributed by atoms with Gasteiger partial charge in [0.2, 0.25) is 0 Å². The van der Waals surface area contributed by atoms with E-state index in [1.165, 1.54) is 45.3 Å². The van der Waals surface area contributed by atoms with Crippen LogP contribution in [0.2, 0.25) is 0 Å². The van der Waals surface area contributed by atoms with Crippen LogP contribution < -0.4 is 5.32 Å². The molecule has 1 saturated carbocycles. The molecule has 3 heteroatoms. The van der Waals surface area contributed by atoms with Gasteiger partial charge in [0.15, 0.2) is 0 Å². The standard InChI is InChI=1S/C16H32N2O/c1-3-5-8-18-11-14(16(19)4-2)9-15(12-18)17-10-13-6-7-13/h13-17,19H,3-12H2,1-2H3. The molecule has 1 heterocycles. The number of unbranched alkanes of at least 4 members (excludes halogenated alkanes) is 1. The summed E-state index contributed by atoms with van der Waals surface area (Å²) in [6.45, 7) is 9.02. The molecule has 0 aromatic carbocycles. The van der Waals surface area contributed by atoms with Crippen LogP contribution >= 0.6 is 0 Å². The molecule has 3 unspecified atom stereocenters. The van der Waals surface area contributed by atoms with E-state index in [1.54, 1.807) is 0 Å². The fourth-order valence-corrected chi connectivity index (χ4v) is 3.21. The topological polar surface area (TPSA) is 35.5 Å². The first-order valence-corrected chi connectivity index (χ1v) is 8.36. The number of aliphatic hydroxyl groups excluding tert-OH is 1. The minimum absolute atomic E-state index is 0.116. The zero-order chi connectivity index (χ0) is 13.7. The van der Waals surface area contributed by atoms with E-state index in [4.69, 9.17) is 0 Å². The Bertz CT molecular complexity index is 255. The SMILES string of the molecule is CCCCN1CC(NCC2CC2)CC(C(O)CC)C1. The molecule has 0 aromatic heterocycles. The molecule has 19 heavy (non-hydrogen) atoms. The van der Waals surface area contributed by atoms with E-state index in [1.807, 2.05) is 0 Å². The Morgan fingerprint density at radius 1 is 1.26 bits per heavy atom. The van der Waals surface area contributed by atoms with Crippen LogP contribution in [-0.2, 0) is 0 Å². The summed E-state index contributed by atoms with van der Waals surface area (Å²) < 4.78 is 0. The molecule has 0 amide bonds. The van der Waals surface area contributed by atoms with E-state index in [9.17, 15) is 5.11 Å². The van der Waals surface area contributed by atoms with E-state index in [0.29, 0.717) is 12.0 Å². The van der Waals surface area contributed by atoms with Gasteiger partial charge < -0.3 is 15.3 Å². The summed E-state index contributed by atoms with van der Waals surface area (Å²) in [5, 5.41) is 13.9. The smallest absolute Gasteiger partial charge is 0.0578 e. The van der Waals surface area contributed by atoms with Crippen molar-refractivity contribution in [2.24, 2.45) is 11.8 Å². The summed E-state index contributed by atoms with van der Waals surface area (Å²) in [6.07, 6.45) is 7.31. The summed E-state index contributed by atoms with van der Waals surface area (Å²) in [7, 11) is 0. The molecule has 0 radical (unpaired) electrons. The quantitative estimate of drug-likeness (QED) is 0.709. The lowest BCUT2D eigenvalue weighted by molar-refractivity contribution is 0.0351. The average molecular weight is 268 g/mol. The summed E-state index contributed by atoms with van der Waals surface area (Å²) >= 11 is 0. The summed E-state index contributed by atoms with van der Waals surface area (Å²) in [6, 6.07) is 0.595. The highest BCUT2D eigenvalue weighted by atomic mass is 16.3. The fourth-order valence-electron chi connectivity index (χ4n) is 3.21. The summed E-state index contributed by atoms with van der Waals surface area (Å²) in [4.78, 5) is 2.57. The van der Waals surface area contributed by atoms with Crippen LogP contribution in [0.4, 0.5) is 0 Å². The van der Waals surface area contributed by atoms with E-state index in [0.717, 1.165) is 25.3 Å².